The van der Waals surface area contributed by atoms with Crippen LogP contribution in [0.2, 0.25) is 0 Å². The molecule has 0 spiro atoms. The summed E-state index contributed by atoms with van der Waals surface area (Å²) in [5.74, 6) is 0. The summed E-state index contributed by atoms with van der Waals surface area (Å²) in [6.07, 6.45) is 2.84. The predicted octanol–water partition coefficient (Wildman–Crippen LogP) is 2.99. The van der Waals surface area contributed by atoms with Gasteiger partial charge in [0.2, 0.25) is 0 Å². The van der Waals surface area contributed by atoms with Crippen molar-refractivity contribution in [1.29, 1.82) is 0 Å². The van der Waals surface area contributed by atoms with E-state index in [9.17, 15) is 28.0 Å². The van der Waals surface area contributed by atoms with Gasteiger partial charge >= 0.3 is 0 Å². The van der Waals surface area contributed by atoms with Crippen molar-refractivity contribution in [1.82, 2.24) is 0 Å². The van der Waals surface area contributed by atoms with E-state index in [1.807, 2.05) is 20.8 Å². The third kappa shape index (κ3) is 7.88. The third-order valence-electron chi connectivity index (χ3n) is 4.69. The Morgan fingerprint density at radius 3 is 1.69 bits per heavy atom. The standard InChI is InChI=1S/C11H20FNO2S.C7H11FO2/c1-10(2,3)16(15)13-8-11(14)6-4-9(12)5-7-11;8-6-1-3-7(10,5-9)4-2-6/h8-9,14H,4-7H2,1-3H3;5-6,10H,1-4H2/t9?,11?,16-;/m0./s1. The average Bonchev–Trinajstić information content (AvgIpc) is 2.58. The van der Waals surface area contributed by atoms with E-state index in [1.54, 1.807) is 0 Å². The first-order valence-electron chi connectivity index (χ1n) is 9.06. The van der Waals surface area contributed by atoms with Crippen molar-refractivity contribution >= 4 is 23.5 Å². The Morgan fingerprint density at radius 2 is 1.35 bits per heavy atom. The molecule has 0 aromatic heterocycles. The largest absolute Gasteiger partial charge is 0.384 e. The number of hydrogen-bond acceptors (Lipinski definition) is 4. The normalized spacial score (nSPS) is 36.9. The lowest BCUT2D eigenvalue weighted by Gasteiger charge is -2.30. The average molecular weight is 396 g/mol. The van der Waals surface area contributed by atoms with Crippen LogP contribution < -0.4 is 0 Å². The van der Waals surface area contributed by atoms with Crippen LogP contribution in [0.4, 0.5) is 8.78 Å². The van der Waals surface area contributed by atoms with Gasteiger partial charge in [0.15, 0.2) is 6.29 Å². The number of halogens is 2. The Bertz CT molecular complexity index is 506. The molecule has 0 amide bonds. The van der Waals surface area contributed by atoms with Gasteiger partial charge in [0, 0.05) is 6.21 Å². The van der Waals surface area contributed by atoms with Crippen LogP contribution in [0.1, 0.15) is 72.1 Å². The van der Waals surface area contributed by atoms with Crippen LogP contribution in [0.15, 0.2) is 4.40 Å². The molecule has 0 saturated heterocycles. The van der Waals surface area contributed by atoms with Gasteiger partial charge < -0.3 is 15.0 Å². The second kappa shape index (κ2) is 9.46. The second-order valence-electron chi connectivity index (χ2n) is 8.27. The van der Waals surface area contributed by atoms with Crippen LogP contribution in [0.5, 0.6) is 0 Å². The number of hydrogen-bond donors (Lipinski definition) is 2. The van der Waals surface area contributed by atoms with Crippen LogP contribution in [0.3, 0.4) is 0 Å². The SMILES string of the molecule is CC(C)(C)[S@](=O)N=CC1(O)CCC(F)CC1.O=CC1(O)CCC(F)CC1. The fourth-order valence-corrected chi connectivity index (χ4v) is 3.32. The van der Waals surface area contributed by atoms with E-state index in [1.165, 1.54) is 6.21 Å². The Hall–Kier alpha value is -0.730. The first-order chi connectivity index (χ1) is 11.9. The van der Waals surface area contributed by atoms with E-state index in [4.69, 9.17) is 0 Å². The molecule has 2 saturated carbocycles. The van der Waals surface area contributed by atoms with Crippen molar-refractivity contribution < 1.29 is 28.0 Å². The van der Waals surface area contributed by atoms with Gasteiger partial charge in [-0.3, -0.25) is 0 Å². The third-order valence-corrected chi connectivity index (χ3v) is 6.04. The topological polar surface area (TPSA) is 87.0 Å². The van der Waals surface area contributed by atoms with E-state index in [-0.39, 0.29) is 12.8 Å². The number of aldehydes is 1. The minimum absolute atomic E-state index is 0.275. The fraction of sp³-hybridized carbons (Fsp3) is 0.889. The second-order valence-corrected chi connectivity index (χ2v) is 10.2. The Morgan fingerprint density at radius 1 is 0.962 bits per heavy atom. The van der Waals surface area contributed by atoms with Crippen LogP contribution in [-0.2, 0) is 15.8 Å². The summed E-state index contributed by atoms with van der Waals surface area (Å²) in [4.78, 5) is 10.2. The van der Waals surface area contributed by atoms with Gasteiger partial charge in [0.25, 0.3) is 0 Å². The summed E-state index contributed by atoms with van der Waals surface area (Å²) in [6.45, 7) is 5.47. The molecule has 0 radical (unpaired) electrons. The van der Waals surface area contributed by atoms with E-state index < -0.39 is 39.3 Å². The molecule has 0 aromatic carbocycles. The zero-order valence-corrected chi connectivity index (χ0v) is 16.6. The molecule has 152 valence electrons. The summed E-state index contributed by atoms with van der Waals surface area (Å²) >= 11 is 0. The van der Waals surface area contributed by atoms with Crippen molar-refractivity contribution in [3.05, 3.63) is 0 Å². The van der Waals surface area contributed by atoms with Crippen LogP contribution in [0, 0.1) is 0 Å². The quantitative estimate of drug-likeness (QED) is 0.568. The van der Waals surface area contributed by atoms with Gasteiger partial charge in [-0.05, 0) is 72.1 Å². The lowest BCUT2D eigenvalue weighted by atomic mass is 9.85. The van der Waals surface area contributed by atoms with E-state index in [0.29, 0.717) is 44.8 Å². The van der Waals surface area contributed by atoms with Gasteiger partial charge in [0.05, 0.1) is 4.75 Å². The van der Waals surface area contributed by atoms with Crippen LogP contribution in [-0.4, -0.2) is 55.2 Å². The Kier molecular flexibility index (Phi) is 8.48. The molecular formula is C18H31F2NO4S. The minimum Gasteiger partial charge on any atom is -0.384 e. The molecule has 2 rings (SSSR count). The number of carbonyl (C=O) groups is 1. The van der Waals surface area contributed by atoms with Gasteiger partial charge in [-0.25, -0.2) is 13.0 Å². The maximum Gasteiger partial charge on any atom is 0.151 e. The van der Waals surface area contributed by atoms with Crippen LogP contribution in [0.25, 0.3) is 0 Å². The molecule has 0 aliphatic heterocycles. The molecule has 2 aliphatic rings. The molecule has 26 heavy (non-hydrogen) atoms. The highest BCUT2D eigenvalue weighted by Crippen LogP contribution is 2.29. The zero-order valence-electron chi connectivity index (χ0n) is 15.8. The molecule has 0 aromatic rings. The van der Waals surface area contributed by atoms with Gasteiger partial charge in [-0.2, -0.15) is 4.40 Å². The maximum atomic E-state index is 12.9. The maximum absolute atomic E-state index is 12.9. The molecule has 2 aliphatic carbocycles. The monoisotopic (exact) mass is 395 g/mol. The Labute approximate surface area is 156 Å². The van der Waals surface area contributed by atoms with Crippen LogP contribution >= 0.6 is 0 Å². The summed E-state index contributed by atoms with van der Waals surface area (Å²) < 4.78 is 40.4. The first kappa shape index (κ1) is 23.3. The lowest BCUT2D eigenvalue weighted by Crippen LogP contribution is -2.36. The molecule has 0 unspecified atom stereocenters. The van der Waals surface area contributed by atoms with Crippen molar-refractivity contribution in [2.45, 2.75) is 100 Å². The van der Waals surface area contributed by atoms with Crippen molar-refractivity contribution in [3.63, 3.8) is 0 Å². The zero-order chi connectivity index (χ0) is 20.0. The number of alkyl halides is 2. The summed E-state index contributed by atoms with van der Waals surface area (Å²) in [5.41, 5.74) is -2.29. The number of aliphatic hydroxyl groups is 2. The Balaban J connectivity index is 0.000000289. The minimum atomic E-state index is -1.36. The summed E-state index contributed by atoms with van der Waals surface area (Å²) in [7, 11) is -1.36. The predicted molar refractivity (Wildman–Crippen MR) is 99.1 cm³/mol. The molecule has 2 N–H and O–H groups in total. The summed E-state index contributed by atoms with van der Waals surface area (Å²) in [5, 5.41) is 19.3. The molecule has 0 bridgehead atoms. The number of carbonyl (C=O) groups excluding carboxylic acids is 1. The first-order valence-corrected chi connectivity index (χ1v) is 10.2. The van der Waals surface area contributed by atoms with E-state index in [0.717, 1.165) is 0 Å². The highest BCUT2D eigenvalue weighted by molar-refractivity contribution is 7.85. The van der Waals surface area contributed by atoms with Gasteiger partial charge in [-0.1, -0.05) is 0 Å². The van der Waals surface area contributed by atoms with Gasteiger partial charge in [-0.15, -0.1) is 0 Å². The number of nitrogens with zero attached hydrogens (tertiary/aromatic N) is 1. The fourth-order valence-electron chi connectivity index (χ4n) is 2.72. The lowest BCUT2D eigenvalue weighted by molar-refractivity contribution is -0.128. The van der Waals surface area contributed by atoms with Crippen molar-refractivity contribution in [3.8, 4) is 0 Å². The van der Waals surface area contributed by atoms with Crippen molar-refractivity contribution in [2.75, 3.05) is 0 Å². The highest BCUT2D eigenvalue weighted by atomic mass is 32.2. The number of rotatable bonds is 3. The summed E-state index contributed by atoms with van der Waals surface area (Å²) in [6, 6.07) is 0. The van der Waals surface area contributed by atoms with Gasteiger partial charge in [0.1, 0.15) is 34.5 Å². The van der Waals surface area contributed by atoms with Crippen molar-refractivity contribution in [2.24, 2.45) is 4.40 Å². The van der Waals surface area contributed by atoms with E-state index in [2.05, 4.69) is 4.40 Å². The molecular weight excluding hydrogens is 364 g/mol. The molecule has 2 fully saturated rings. The smallest absolute Gasteiger partial charge is 0.151 e. The van der Waals surface area contributed by atoms with E-state index >= 15 is 0 Å². The molecule has 0 heterocycles. The highest BCUT2D eigenvalue weighted by Gasteiger charge is 2.33. The molecule has 5 nitrogen and oxygen atoms in total. The molecule has 8 heteroatoms. The molecule has 1 atom stereocenters.